The van der Waals surface area contributed by atoms with E-state index < -0.39 is 16.9 Å². The molecule has 1 unspecified atom stereocenters. The molecule has 21 heavy (non-hydrogen) atoms. The van der Waals surface area contributed by atoms with Gasteiger partial charge in [0.25, 0.3) is 5.69 Å². The average molecular weight is 404 g/mol. The molecule has 1 aromatic rings. The molecule has 0 aromatic heterocycles. The van der Waals surface area contributed by atoms with Crippen molar-refractivity contribution in [2.45, 2.75) is 32.7 Å². The molecule has 7 heteroatoms. The zero-order valence-corrected chi connectivity index (χ0v) is 14.0. The topological polar surface area (TPSA) is 83.7 Å². The Bertz CT molecular complexity index is 588. The predicted octanol–water partition coefficient (Wildman–Crippen LogP) is 3.28. The lowest BCUT2D eigenvalue weighted by Crippen LogP contribution is -2.54. The van der Waals surface area contributed by atoms with Gasteiger partial charge in [0.05, 0.1) is 10.6 Å². The summed E-state index contributed by atoms with van der Waals surface area (Å²) < 4.78 is 0.700. The highest BCUT2D eigenvalue weighted by Gasteiger charge is 2.43. The van der Waals surface area contributed by atoms with Crippen LogP contribution in [-0.2, 0) is 4.79 Å². The highest BCUT2D eigenvalue weighted by molar-refractivity contribution is 14.1. The van der Waals surface area contributed by atoms with E-state index in [1.54, 1.807) is 6.07 Å². The number of benzene rings is 1. The molecular weight excluding hydrogens is 387 g/mol. The van der Waals surface area contributed by atoms with Gasteiger partial charge in [0.2, 0.25) is 0 Å². The van der Waals surface area contributed by atoms with Gasteiger partial charge >= 0.3 is 5.97 Å². The second-order valence-corrected chi connectivity index (χ2v) is 7.08. The van der Waals surface area contributed by atoms with Crippen molar-refractivity contribution in [2.24, 2.45) is 5.41 Å². The average Bonchev–Trinajstić information content (AvgIpc) is 2.36. The van der Waals surface area contributed by atoms with E-state index in [2.05, 4.69) is 0 Å². The standard InChI is InChI=1S/C14H17IN2O4/c1-14(2)6-3-7-16(12(14)13(18)19)11-5-4-9(17(20)21)8-10(11)15/h4-5,8,12H,3,6-7H2,1-2H3,(H,18,19). The summed E-state index contributed by atoms with van der Waals surface area (Å²) in [6, 6.07) is 3.94. The highest BCUT2D eigenvalue weighted by Crippen LogP contribution is 2.39. The van der Waals surface area contributed by atoms with Crippen LogP contribution in [0.1, 0.15) is 26.7 Å². The molecule has 1 heterocycles. The Morgan fingerprint density at radius 2 is 2.19 bits per heavy atom. The number of halogens is 1. The number of carboxylic acid groups (broad SMARTS) is 1. The smallest absolute Gasteiger partial charge is 0.326 e. The van der Waals surface area contributed by atoms with Gasteiger partial charge in [-0.2, -0.15) is 0 Å². The van der Waals surface area contributed by atoms with Crippen LogP contribution in [-0.4, -0.2) is 28.6 Å². The Balaban J connectivity index is 2.44. The van der Waals surface area contributed by atoms with Gasteiger partial charge < -0.3 is 10.0 Å². The number of anilines is 1. The minimum atomic E-state index is -0.853. The molecule has 0 spiro atoms. The van der Waals surface area contributed by atoms with Gasteiger partial charge in [-0.05, 0) is 46.9 Å². The number of piperidine rings is 1. The van der Waals surface area contributed by atoms with Gasteiger partial charge in [-0.25, -0.2) is 4.79 Å². The minimum Gasteiger partial charge on any atom is -0.480 e. The molecular formula is C14H17IN2O4. The quantitative estimate of drug-likeness (QED) is 0.475. The van der Waals surface area contributed by atoms with Crippen molar-refractivity contribution in [1.82, 2.24) is 0 Å². The summed E-state index contributed by atoms with van der Waals surface area (Å²) in [6.45, 7) is 4.56. The first-order valence-electron chi connectivity index (χ1n) is 6.67. The minimum absolute atomic E-state index is 0.0197. The Morgan fingerprint density at radius 3 is 2.71 bits per heavy atom. The number of non-ortho nitro benzene ring substituents is 1. The molecule has 6 nitrogen and oxygen atoms in total. The fraction of sp³-hybridized carbons (Fsp3) is 0.500. The maximum Gasteiger partial charge on any atom is 0.326 e. The summed E-state index contributed by atoms with van der Waals surface area (Å²) in [7, 11) is 0. The van der Waals surface area contributed by atoms with Gasteiger partial charge in [-0.3, -0.25) is 10.1 Å². The Labute approximate surface area is 136 Å². The largest absolute Gasteiger partial charge is 0.480 e. The lowest BCUT2D eigenvalue weighted by atomic mass is 9.76. The first kappa shape index (κ1) is 16.0. The monoisotopic (exact) mass is 404 g/mol. The summed E-state index contributed by atoms with van der Waals surface area (Å²) in [6.07, 6.45) is 1.76. The molecule has 1 aliphatic rings. The molecule has 0 radical (unpaired) electrons. The molecule has 1 saturated heterocycles. The summed E-state index contributed by atoms with van der Waals surface area (Å²) in [4.78, 5) is 23.9. The van der Waals surface area contributed by atoms with Gasteiger partial charge in [-0.1, -0.05) is 13.8 Å². The second kappa shape index (κ2) is 5.78. The number of nitro benzene ring substituents is 1. The van der Waals surface area contributed by atoms with E-state index in [9.17, 15) is 20.0 Å². The van der Waals surface area contributed by atoms with E-state index in [0.717, 1.165) is 18.5 Å². The van der Waals surface area contributed by atoms with Crippen molar-refractivity contribution in [1.29, 1.82) is 0 Å². The molecule has 0 aliphatic carbocycles. The third-order valence-electron chi connectivity index (χ3n) is 3.96. The van der Waals surface area contributed by atoms with Gasteiger partial charge in [0, 0.05) is 22.2 Å². The van der Waals surface area contributed by atoms with E-state index in [-0.39, 0.29) is 11.1 Å². The van der Waals surface area contributed by atoms with Crippen molar-refractivity contribution in [3.63, 3.8) is 0 Å². The first-order chi connectivity index (χ1) is 9.74. The number of rotatable bonds is 3. The number of hydrogen-bond acceptors (Lipinski definition) is 4. The summed E-state index contributed by atoms with van der Waals surface area (Å²) >= 11 is 2.03. The van der Waals surface area contributed by atoms with Crippen LogP contribution in [0, 0.1) is 19.1 Å². The summed E-state index contributed by atoms with van der Waals surface area (Å²) in [5, 5.41) is 20.4. The molecule has 1 fully saturated rings. The van der Waals surface area contributed by atoms with E-state index in [1.807, 2.05) is 41.3 Å². The SMILES string of the molecule is CC1(C)CCCN(c2ccc([N+](=O)[O-])cc2I)C1C(=O)O. The number of aliphatic carboxylic acids is 1. The summed E-state index contributed by atoms with van der Waals surface area (Å²) in [5.74, 6) is -0.853. The third-order valence-corrected chi connectivity index (χ3v) is 4.82. The van der Waals surface area contributed by atoms with E-state index in [4.69, 9.17) is 0 Å². The lowest BCUT2D eigenvalue weighted by Gasteiger charge is -2.45. The maximum atomic E-state index is 11.7. The predicted molar refractivity (Wildman–Crippen MR) is 87.6 cm³/mol. The van der Waals surface area contributed by atoms with Crippen LogP contribution in [0.15, 0.2) is 18.2 Å². The number of carbonyl (C=O) groups is 1. The number of carboxylic acids is 1. The first-order valence-corrected chi connectivity index (χ1v) is 7.75. The molecule has 0 saturated carbocycles. The summed E-state index contributed by atoms with van der Waals surface area (Å²) in [5.41, 5.74) is 0.433. The molecule has 1 aromatic carbocycles. The zero-order chi connectivity index (χ0) is 15.8. The fourth-order valence-electron chi connectivity index (χ4n) is 2.96. The molecule has 1 atom stereocenters. The third kappa shape index (κ3) is 3.12. The fourth-order valence-corrected chi connectivity index (χ4v) is 3.77. The molecule has 1 aliphatic heterocycles. The molecule has 2 rings (SSSR count). The van der Waals surface area contributed by atoms with Crippen molar-refractivity contribution in [3.8, 4) is 0 Å². The van der Waals surface area contributed by atoms with E-state index in [0.29, 0.717) is 10.1 Å². The highest BCUT2D eigenvalue weighted by atomic mass is 127. The number of nitro groups is 1. The van der Waals surface area contributed by atoms with E-state index in [1.165, 1.54) is 12.1 Å². The van der Waals surface area contributed by atoms with Crippen LogP contribution >= 0.6 is 22.6 Å². The van der Waals surface area contributed by atoms with Gasteiger partial charge in [0.15, 0.2) is 0 Å². The molecule has 0 bridgehead atoms. The Kier molecular flexibility index (Phi) is 4.40. The molecule has 114 valence electrons. The van der Waals surface area contributed by atoms with Gasteiger partial charge in [-0.15, -0.1) is 0 Å². The Hall–Kier alpha value is -1.38. The van der Waals surface area contributed by atoms with Crippen molar-refractivity contribution >= 4 is 39.9 Å². The normalized spacial score (nSPS) is 21.1. The van der Waals surface area contributed by atoms with Crippen LogP contribution < -0.4 is 4.90 Å². The number of hydrogen-bond donors (Lipinski definition) is 1. The lowest BCUT2D eigenvalue weighted by molar-refractivity contribution is -0.384. The second-order valence-electron chi connectivity index (χ2n) is 5.92. The van der Waals surface area contributed by atoms with Gasteiger partial charge in [0.1, 0.15) is 6.04 Å². The van der Waals surface area contributed by atoms with Crippen LogP contribution in [0.5, 0.6) is 0 Å². The number of nitrogens with zero attached hydrogens (tertiary/aromatic N) is 2. The van der Waals surface area contributed by atoms with Crippen molar-refractivity contribution < 1.29 is 14.8 Å². The maximum absolute atomic E-state index is 11.7. The molecule has 1 N–H and O–H groups in total. The van der Waals surface area contributed by atoms with Crippen LogP contribution in [0.2, 0.25) is 0 Å². The van der Waals surface area contributed by atoms with E-state index >= 15 is 0 Å². The van der Waals surface area contributed by atoms with Crippen LogP contribution in [0.4, 0.5) is 11.4 Å². The van der Waals surface area contributed by atoms with Crippen LogP contribution in [0.25, 0.3) is 0 Å². The molecule has 0 amide bonds. The van der Waals surface area contributed by atoms with Crippen molar-refractivity contribution in [3.05, 3.63) is 31.9 Å². The zero-order valence-electron chi connectivity index (χ0n) is 11.9. The van der Waals surface area contributed by atoms with Crippen molar-refractivity contribution in [2.75, 3.05) is 11.4 Å². The Morgan fingerprint density at radius 1 is 1.52 bits per heavy atom. The van der Waals surface area contributed by atoms with Crippen LogP contribution in [0.3, 0.4) is 0 Å².